The molecule has 0 aliphatic carbocycles. The number of allylic oxidation sites excluding steroid dienone is 8. The molecule has 0 amide bonds. The molecular formula is C66H54N2. The fourth-order valence-corrected chi connectivity index (χ4v) is 8.88. The van der Waals surface area contributed by atoms with Gasteiger partial charge in [-0.25, -0.2) is 0 Å². The molecule has 0 saturated heterocycles. The van der Waals surface area contributed by atoms with E-state index < -0.39 is 0 Å². The van der Waals surface area contributed by atoms with Crippen LogP contribution >= 0.6 is 0 Å². The molecule has 0 unspecified atom stereocenters. The summed E-state index contributed by atoms with van der Waals surface area (Å²) < 4.78 is 0. The topological polar surface area (TPSA) is 6.48 Å². The average Bonchev–Trinajstić information content (AvgIpc) is 3.41. The highest BCUT2D eigenvalue weighted by Gasteiger charge is 2.18. The summed E-state index contributed by atoms with van der Waals surface area (Å²) in [6, 6.07) is 82.9. The van der Waals surface area contributed by atoms with Crippen LogP contribution in [0.3, 0.4) is 0 Å². The van der Waals surface area contributed by atoms with Gasteiger partial charge in [-0.05, 0) is 153 Å². The Morgan fingerprint density at radius 2 is 0.721 bits per heavy atom. The number of para-hydroxylation sites is 2. The fraction of sp³-hybridized carbons (Fsp3) is 0.0303. The molecule has 0 bridgehead atoms. The van der Waals surface area contributed by atoms with Crippen LogP contribution in [0.2, 0.25) is 0 Å². The maximum atomic E-state index is 4.03. The van der Waals surface area contributed by atoms with Crippen molar-refractivity contribution in [1.82, 2.24) is 0 Å². The molecule has 0 spiro atoms. The first-order valence-corrected chi connectivity index (χ1v) is 23.2. The Bertz CT molecular complexity index is 3200. The number of rotatable bonds is 15. The predicted octanol–water partition coefficient (Wildman–Crippen LogP) is 19.0. The molecule has 2 heteroatoms. The van der Waals surface area contributed by atoms with Crippen molar-refractivity contribution < 1.29 is 0 Å². The van der Waals surface area contributed by atoms with Crippen molar-refractivity contribution in [2.75, 3.05) is 9.80 Å². The first kappa shape index (κ1) is 44.5. The number of anilines is 6. The number of nitrogens with zero attached hydrogens (tertiary/aromatic N) is 2. The second kappa shape index (κ2) is 21.1. The van der Waals surface area contributed by atoms with Crippen LogP contribution in [0.1, 0.15) is 25.0 Å². The van der Waals surface area contributed by atoms with Crippen molar-refractivity contribution in [2.24, 2.45) is 0 Å². The predicted molar refractivity (Wildman–Crippen MR) is 294 cm³/mol. The van der Waals surface area contributed by atoms with Crippen molar-refractivity contribution in [1.29, 1.82) is 0 Å². The van der Waals surface area contributed by atoms with Gasteiger partial charge in [-0.3, -0.25) is 0 Å². The van der Waals surface area contributed by atoms with Crippen molar-refractivity contribution in [3.8, 4) is 44.5 Å². The highest BCUT2D eigenvalue weighted by Crippen LogP contribution is 2.42. The third-order valence-corrected chi connectivity index (χ3v) is 12.3. The van der Waals surface area contributed by atoms with Gasteiger partial charge in [0.15, 0.2) is 0 Å². The van der Waals surface area contributed by atoms with E-state index in [-0.39, 0.29) is 0 Å². The standard InChI is InChI=1S/C66H54N2/c1-5-18-49(7-3)52-34-40-61(41-35-52)67(59-22-14-10-15-23-59)62-44-38-56(39-45-62)55-26-30-57(31-27-55)65-47-46-64(48-66(65)58-32-28-54(29-33-58)51-20-12-9-13-21-51)68(60-24-16-11-17-25-60)63-42-36-53(37-43-63)50(8-4)19-6-2/h5-48H,2,4H2,1,3H3/b18-5-,49-7+,50-19+. The van der Waals surface area contributed by atoms with Crippen LogP contribution in [-0.4, -0.2) is 0 Å². The first-order valence-electron chi connectivity index (χ1n) is 23.2. The van der Waals surface area contributed by atoms with Gasteiger partial charge in [0.2, 0.25) is 0 Å². The molecule has 0 saturated carbocycles. The summed E-state index contributed by atoms with van der Waals surface area (Å²) >= 11 is 0. The van der Waals surface area contributed by atoms with Gasteiger partial charge in [0.05, 0.1) is 0 Å². The molecule has 0 atom stereocenters. The quantitative estimate of drug-likeness (QED) is 0.0947. The second-order valence-electron chi connectivity index (χ2n) is 16.5. The van der Waals surface area contributed by atoms with Gasteiger partial charge in [-0.1, -0.05) is 207 Å². The smallest absolute Gasteiger partial charge is 0.0468 e. The SMILES string of the molecule is C=C/C=C(\C=C)c1ccc(N(c2ccccc2)c2ccc(-c3ccc(-c4ccc(N(c5ccccc5)c5ccc(C(/C=C\C)=C/C)cc5)cc4)cc3)c(-c3ccc(-c4ccccc4)cc3)c2)cc1. The molecule has 0 N–H and O–H groups in total. The van der Waals surface area contributed by atoms with E-state index in [4.69, 9.17) is 0 Å². The normalized spacial score (nSPS) is 11.6. The maximum Gasteiger partial charge on any atom is 0.0468 e. The van der Waals surface area contributed by atoms with E-state index in [1.54, 1.807) is 6.08 Å². The van der Waals surface area contributed by atoms with E-state index in [1.165, 1.54) is 22.3 Å². The fourth-order valence-electron chi connectivity index (χ4n) is 8.88. The average molecular weight is 875 g/mol. The molecule has 9 rings (SSSR count). The molecular weight excluding hydrogens is 821 g/mol. The van der Waals surface area contributed by atoms with Crippen LogP contribution in [0, 0.1) is 0 Å². The molecule has 9 aromatic rings. The second-order valence-corrected chi connectivity index (χ2v) is 16.5. The summed E-state index contributed by atoms with van der Waals surface area (Å²) in [6.07, 6.45) is 12.0. The summed E-state index contributed by atoms with van der Waals surface area (Å²) in [5, 5.41) is 0. The van der Waals surface area contributed by atoms with E-state index in [0.717, 1.165) is 78.6 Å². The molecule has 0 aromatic heterocycles. The van der Waals surface area contributed by atoms with Crippen LogP contribution < -0.4 is 9.80 Å². The largest absolute Gasteiger partial charge is 0.311 e. The lowest BCUT2D eigenvalue weighted by Crippen LogP contribution is -2.10. The first-order chi connectivity index (χ1) is 33.5. The number of benzene rings is 9. The molecule has 0 aliphatic heterocycles. The third kappa shape index (κ3) is 9.77. The summed E-state index contributed by atoms with van der Waals surface area (Å²) in [5.41, 5.74) is 20.3. The van der Waals surface area contributed by atoms with Gasteiger partial charge in [0.1, 0.15) is 0 Å². The zero-order valence-electron chi connectivity index (χ0n) is 38.7. The van der Waals surface area contributed by atoms with Gasteiger partial charge >= 0.3 is 0 Å². The number of hydrogen-bond acceptors (Lipinski definition) is 2. The van der Waals surface area contributed by atoms with E-state index in [0.29, 0.717) is 0 Å². The van der Waals surface area contributed by atoms with E-state index in [2.05, 4.69) is 286 Å². The van der Waals surface area contributed by atoms with E-state index >= 15 is 0 Å². The molecule has 0 heterocycles. The maximum absolute atomic E-state index is 4.03. The van der Waals surface area contributed by atoms with Gasteiger partial charge in [0, 0.05) is 34.1 Å². The van der Waals surface area contributed by atoms with Gasteiger partial charge < -0.3 is 9.80 Å². The molecule has 0 aliphatic rings. The lowest BCUT2D eigenvalue weighted by Gasteiger charge is -2.27. The molecule has 2 nitrogen and oxygen atoms in total. The van der Waals surface area contributed by atoms with Crippen LogP contribution in [0.4, 0.5) is 34.1 Å². The Labute approximate surface area is 402 Å². The van der Waals surface area contributed by atoms with Crippen molar-refractivity contribution in [2.45, 2.75) is 13.8 Å². The number of hydrogen-bond donors (Lipinski definition) is 0. The summed E-state index contributed by atoms with van der Waals surface area (Å²) in [5.74, 6) is 0. The molecule has 9 aromatic carbocycles. The highest BCUT2D eigenvalue weighted by molar-refractivity contribution is 5.90. The summed E-state index contributed by atoms with van der Waals surface area (Å²) in [4.78, 5) is 4.64. The van der Waals surface area contributed by atoms with Crippen LogP contribution in [0.15, 0.2) is 280 Å². The summed E-state index contributed by atoms with van der Waals surface area (Å²) in [7, 11) is 0. The minimum Gasteiger partial charge on any atom is -0.311 e. The van der Waals surface area contributed by atoms with Gasteiger partial charge in [0.25, 0.3) is 0 Å². The monoisotopic (exact) mass is 874 g/mol. The van der Waals surface area contributed by atoms with Crippen LogP contribution in [-0.2, 0) is 0 Å². The molecule has 328 valence electrons. The minimum absolute atomic E-state index is 1.03. The Hall–Kier alpha value is -8.72. The Balaban J connectivity index is 1.07. The minimum atomic E-state index is 1.03. The molecule has 0 radical (unpaired) electrons. The van der Waals surface area contributed by atoms with E-state index in [9.17, 15) is 0 Å². The van der Waals surface area contributed by atoms with Crippen molar-refractivity contribution >= 4 is 45.3 Å². The van der Waals surface area contributed by atoms with Crippen molar-refractivity contribution in [3.63, 3.8) is 0 Å². The zero-order chi connectivity index (χ0) is 46.7. The Morgan fingerprint density at radius 1 is 0.353 bits per heavy atom. The Kier molecular flexibility index (Phi) is 13.8. The molecule has 68 heavy (non-hydrogen) atoms. The zero-order valence-corrected chi connectivity index (χ0v) is 38.7. The van der Waals surface area contributed by atoms with Crippen LogP contribution in [0.25, 0.3) is 55.7 Å². The van der Waals surface area contributed by atoms with Crippen molar-refractivity contribution in [3.05, 3.63) is 291 Å². The van der Waals surface area contributed by atoms with Gasteiger partial charge in [-0.15, -0.1) is 0 Å². The lowest BCUT2D eigenvalue weighted by molar-refractivity contribution is 1.28. The van der Waals surface area contributed by atoms with Crippen LogP contribution in [0.5, 0.6) is 0 Å². The Morgan fingerprint density at radius 3 is 1.18 bits per heavy atom. The van der Waals surface area contributed by atoms with Gasteiger partial charge in [-0.2, -0.15) is 0 Å². The third-order valence-electron chi connectivity index (χ3n) is 12.3. The lowest BCUT2D eigenvalue weighted by atomic mass is 9.91. The summed E-state index contributed by atoms with van der Waals surface area (Å²) in [6.45, 7) is 12.1. The highest BCUT2D eigenvalue weighted by atomic mass is 15.1. The molecule has 0 fully saturated rings. The van der Waals surface area contributed by atoms with E-state index in [1.807, 2.05) is 12.2 Å².